The number of aromatic carboxylic acids is 1. The van der Waals surface area contributed by atoms with Gasteiger partial charge in [-0.3, -0.25) is 9.59 Å². The van der Waals surface area contributed by atoms with E-state index in [4.69, 9.17) is 5.11 Å². The first kappa shape index (κ1) is 13.0. The van der Waals surface area contributed by atoms with Crippen LogP contribution in [-0.2, 0) is 4.79 Å². The highest BCUT2D eigenvalue weighted by atomic mass is 16.4. The molecule has 7 heteroatoms. The molecule has 19 heavy (non-hydrogen) atoms. The summed E-state index contributed by atoms with van der Waals surface area (Å²) in [5, 5.41) is 11.5. The molecular formula is C12H13N3O4. The van der Waals surface area contributed by atoms with E-state index < -0.39 is 11.9 Å². The predicted octanol–water partition coefficient (Wildman–Crippen LogP) is -0.258. The van der Waals surface area contributed by atoms with Crippen molar-refractivity contribution in [3.8, 4) is 0 Å². The molecule has 1 aromatic heterocycles. The van der Waals surface area contributed by atoms with Crippen molar-refractivity contribution in [1.29, 1.82) is 0 Å². The van der Waals surface area contributed by atoms with Crippen molar-refractivity contribution >= 4 is 17.8 Å². The Kier molecular flexibility index (Phi) is 3.74. The summed E-state index contributed by atoms with van der Waals surface area (Å²) in [4.78, 5) is 39.5. The lowest BCUT2D eigenvalue weighted by atomic mass is 10.2. The van der Waals surface area contributed by atoms with E-state index in [1.807, 2.05) is 0 Å². The van der Waals surface area contributed by atoms with E-state index in [-0.39, 0.29) is 23.8 Å². The minimum atomic E-state index is -1.19. The fourth-order valence-corrected chi connectivity index (χ4v) is 1.81. The second-order valence-corrected chi connectivity index (χ2v) is 4.14. The zero-order valence-electron chi connectivity index (χ0n) is 10.1. The number of rotatable bonds is 2. The van der Waals surface area contributed by atoms with E-state index in [2.05, 4.69) is 10.3 Å². The molecule has 0 spiro atoms. The van der Waals surface area contributed by atoms with Crippen molar-refractivity contribution in [3.63, 3.8) is 0 Å². The fourth-order valence-electron chi connectivity index (χ4n) is 1.81. The number of carbonyl (C=O) groups is 3. The smallest absolute Gasteiger partial charge is 0.354 e. The van der Waals surface area contributed by atoms with Gasteiger partial charge in [0.25, 0.3) is 5.91 Å². The highest BCUT2D eigenvalue weighted by Crippen LogP contribution is 2.06. The predicted molar refractivity (Wildman–Crippen MR) is 64.7 cm³/mol. The SMILES string of the molecule is O=C1CN(C(=O)c2cccc(C(=O)O)n2)CCCN1. The van der Waals surface area contributed by atoms with E-state index in [0.29, 0.717) is 19.5 Å². The number of amides is 2. The topological polar surface area (TPSA) is 99.6 Å². The van der Waals surface area contributed by atoms with Crippen LogP contribution in [0.2, 0.25) is 0 Å². The summed E-state index contributed by atoms with van der Waals surface area (Å²) in [6, 6.07) is 4.22. The normalized spacial score (nSPS) is 15.6. The van der Waals surface area contributed by atoms with Gasteiger partial charge in [0.15, 0.2) is 0 Å². The van der Waals surface area contributed by atoms with Crippen LogP contribution in [0.5, 0.6) is 0 Å². The molecule has 7 nitrogen and oxygen atoms in total. The van der Waals surface area contributed by atoms with Crippen LogP contribution < -0.4 is 5.32 Å². The first-order valence-electron chi connectivity index (χ1n) is 5.84. The van der Waals surface area contributed by atoms with Gasteiger partial charge in [0, 0.05) is 13.1 Å². The molecule has 1 aliphatic heterocycles. The summed E-state index contributed by atoms with van der Waals surface area (Å²) in [5.41, 5.74) is -0.153. The molecule has 1 aromatic rings. The molecule has 1 aliphatic rings. The maximum absolute atomic E-state index is 12.2. The molecule has 0 radical (unpaired) electrons. The first-order chi connectivity index (χ1) is 9.08. The largest absolute Gasteiger partial charge is 0.477 e. The Balaban J connectivity index is 2.20. The standard InChI is InChI=1S/C12H13N3O4/c16-10-7-15(6-2-5-13-10)11(17)8-3-1-4-9(14-8)12(18)19/h1,3-4H,2,5-7H2,(H,13,16)(H,18,19). The van der Waals surface area contributed by atoms with Crippen LogP contribution in [0.3, 0.4) is 0 Å². The van der Waals surface area contributed by atoms with Crippen molar-refractivity contribution in [2.24, 2.45) is 0 Å². The van der Waals surface area contributed by atoms with E-state index in [0.717, 1.165) is 0 Å². The monoisotopic (exact) mass is 263 g/mol. The molecule has 1 fully saturated rings. The lowest BCUT2D eigenvalue weighted by Gasteiger charge is -2.18. The van der Waals surface area contributed by atoms with Crippen LogP contribution in [0, 0.1) is 0 Å². The van der Waals surface area contributed by atoms with Gasteiger partial charge < -0.3 is 15.3 Å². The minimum Gasteiger partial charge on any atom is -0.477 e. The molecule has 0 aromatic carbocycles. The lowest BCUT2D eigenvalue weighted by molar-refractivity contribution is -0.121. The van der Waals surface area contributed by atoms with E-state index >= 15 is 0 Å². The summed E-state index contributed by atoms with van der Waals surface area (Å²) in [6.07, 6.45) is 0.663. The van der Waals surface area contributed by atoms with Crippen LogP contribution in [0.4, 0.5) is 0 Å². The molecule has 0 unspecified atom stereocenters. The molecule has 2 heterocycles. The van der Waals surface area contributed by atoms with Crippen LogP contribution in [0.15, 0.2) is 18.2 Å². The molecule has 1 saturated heterocycles. The highest BCUT2D eigenvalue weighted by molar-refractivity contribution is 5.96. The van der Waals surface area contributed by atoms with Gasteiger partial charge in [-0.05, 0) is 18.6 Å². The molecule has 0 aliphatic carbocycles. The second kappa shape index (κ2) is 5.47. The average molecular weight is 263 g/mol. The lowest BCUT2D eigenvalue weighted by Crippen LogP contribution is -2.37. The molecule has 2 rings (SSSR count). The third kappa shape index (κ3) is 3.06. The first-order valence-corrected chi connectivity index (χ1v) is 5.84. The maximum atomic E-state index is 12.2. The summed E-state index contributed by atoms with van der Waals surface area (Å²) >= 11 is 0. The van der Waals surface area contributed by atoms with Gasteiger partial charge >= 0.3 is 5.97 Å². The second-order valence-electron chi connectivity index (χ2n) is 4.14. The zero-order valence-corrected chi connectivity index (χ0v) is 10.1. The van der Waals surface area contributed by atoms with E-state index in [9.17, 15) is 14.4 Å². The summed E-state index contributed by atoms with van der Waals surface area (Å²) in [5.74, 6) is -1.84. The Hall–Kier alpha value is -2.44. The molecule has 2 amide bonds. The quantitative estimate of drug-likeness (QED) is 0.766. The number of hydrogen-bond acceptors (Lipinski definition) is 4. The Morgan fingerprint density at radius 3 is 2.79 bits per heavy atom. The van der Waals surface area contributed by atoms with Crippen molar-refractivity contribution < 1.29 is 19.5 Å². The number of aromatic nitrogens is 1. The summed E-state index contributed by atoms with van der Waals surface area (Å²) in [6.45, 7) is 0.944. The van der Waals surface area contributed by atoms with Crippen molar-refractivity contribution in [1.82, 2.24) is 15.2 Å². The van der Waals surface area contributed by atoms with Crippen LogP contribution >= 0.6 is 0 Å². The van der Waals surface area contributed by atoms with E-state index in [1.165, 1.54) is 23.1 Å². The van der Waals surface area contributed by atoms with E-state index in [1.54, 1.807) is 0 Å². The van der Waals surface area contributed by atoms with Gasteiger partial charge in [0.1, 0.15) is 11.4 Å². The summed E-state index contributed by atoms with van der Waals surface area (Å²) in [7, 11) is 0. The van der Waals surface area contributed by atoms with Gasteiger partial charge in [-0.15, -0.1) is 0 Å². The van der Waals surface area contributed by atoms with Gasteiger partial charge in [-0.1, -0.05) is 6.07 Å². The molecule has 100 valence electrons. The minimum absolute atomic E-state index is 0.0299. The fraction of sp³-hybridized carbons (Fsp3) is 0.333. The molecule has 0 atom stereocenters. The van der Waals surface area contributed by atoms with Gasteiger partial charge in [0.2, 0.25) is 5.91 Å². The van der Waals surface area contributed by atoms with Crippen LogP contribution in [0.25, 0.3) is 0 Å². The number of carboxylic acids is 1. The maximum Gasteiger partial charge on any atom is 0.354 e. The number of nitrogens with zero attached hydrogens (tertiary/aromatic N) is 2. The highest BCUT2D eigenvalue weighted by Gasteiger charge is 2.22. The van der Waals surface area contributed by atoms with Gasteiger partial charge in [-0.2, -0.15) is 0 Å². The Labute approximate surface area is 109 Å². The molecule has 2 N–H and O–H groups in total. The number of carboxylic acid groups (broad SMARTS) is 1. The third-order valence-corrected chi connectivity index (χ3v) is 2.74. The number of nitrogens with one attached hydrogen (secondary N) is 1. The Morgan fingerprint density at radius 1 is 1.32 bits per heavy atom. The van der Waals surface area contributed by atoms with Crippen molar-refractivity contribution in [2.45, 2.75) is 6.42 Å². The molecule has 0 saturated carbocycles. The van der Waals surface area contributed by atoms with Gasteiger partial charge in [-0.25, -0.2) is 9.78 Å². The summed E-state index contributed by atoms with van der Waals surface area (Å²) < 4.78 is 0. The number of carbonyl (C=O) groups excluding carboxylic acids is 2. The Bertz CT molecular complexity index is 529. The average Bonchev–Trinajstić information content (AvgIpc) is 2.62. The number of hydrogen-bond donors (Lipinski definition) is 2. The Morgan fingerprint density at radius 2 is 2.05 bits per heavy atom. The van der Waals surface area contributed by atoms with Crippen molar-refractivity contribution in [3.05, 3.63) is 29.6 Å². The third-order valence-electron chi connectivity index (χ3n) is 2.74. The molecular weight excluding hydrogens is 250 g/mol. The molecule has 0 bridgehead atoms. The van der Waals surface area contributed by atoms with Crippen LogP contribution in [0.1, 0.15) is 27.4 Å². The van der Waals surface area contributed by atoms with Crippen LogP contribution in [-0.4, -0.2) is 52.4 Å². The van der Waals surface area contributed by atoms with Gasteiger partial charge in [0.05, 0.1) is 6.54 Å². The number of pyridine rings is 1. The van der Waals surface area contributed by atoms with Crippen molar-refractivity contribution in [2.75, 3.05) is 19.6 Å². The zero-order chi connectivity index (χ0) is 13.8.